The Morgan fingerprint density at radius 3 is 1.90 bits per heavy atom. The van der Waals surface area contributed by atoms with Gasteiger partial charge >= 0.3 is 12.6 Å². The number of alkyl halides is 6. The highest BCUT2D eigenvalue weighted by Crippen LogP contribution is 2.45. The summed E-state index contributed by atoms with van der Waals surface area (Å²) in [6.07, 6.45) is -9.70. The molecule has 15 heteroatoms. The lowest BCUT2D eigenvalue weighted by atomic mass is 10.3. The normalized spacial score (nSPS) is 14.9. The van der Waals surface area contributed by atoms with E-state index in [0.29, 0.717) is 0 Å². The molecule has 0 spiro atoms. The van der Waals surface area contributed by atoms with Crippen LogP contribution in [0.3, 0.4) is 0 Å². The molecule has 0 radical (unpaired) electrons. The second-order valence-corrected chi connectivity index (χ2v) is 8.50. The van der Waals surface area contributed by atoms with Crippen LogP contribution in [0.25, 0.3) is 22.1 Å². The predicted octanol–water partition coefficient (Wildman–Crippen LogP) is 3.74. The van der Waals surface area contributed by atoms with Crippen molar-refractivity contribution in [3.63, 3.8) is 0 Å². The van der Waals surface area contributed by atoms with Gasteiger partial charge in [0.05, 0.1) is 10.8 Å². The number of rotatable bonds is 3. The molecule has 0 aliphatic heterocycles. The van der Waals surface area contributed by atoms with E-state index >= 15 is 0 Å². The summed E-state index contributed by atoms with van der Waals surface area (Å²) in [7, 11) is -3.93. The van der Waals surface area contributed by atoms with E-state index in [1.165, 1.54) is 24.3 Å². The Kier molecular flexibility index (Phi) is 4.31. The Morgan fingerprint density at radius 2 is 1.33 bits per heavy atom. The van der Waals surface area contributed by atoms with Gasteiger partial charge in [0.15, 0.2) is 11.3 Å². The van der Waals surface area contributed by atoms with Gasteiger partial charge in [0.2, 0.25) is 0 Å². The minimum absolute atomic E-state index is 0.185. The van der Waals surface area contributed by atoms with E-state index in [2.05, 4.69) is 20.6 Å². The molecule has 30 heavy (non-hydrogen) atoms. The summed E-state index contributed by atoms with van der Waals surface area (Å²) < 4.78 is 96.3. The number of halogens is 6. The topological polar surface area (TPSA) is 87.7 Å². The molecule has 158 valence electrons. The van der Waals surface area contributed by atoms with E-state index in [4.69, 9.17) is 4.52 Å². The van der Waals surface area contributed by atoms with Gasteiger partial charge in [0.1, 0.15) is 11.0 Å². The monoisotopic (exact) mass is 450 g/mol. The van der Waals surface area contributed by atoms with Crippen molar-refractivity contribution in [3.05, 3.63) is 36.4 Å². The summed E-state index contributed by atoms with van der Waals surface area (Å²) >= 11 is 0. The molecule has 2 heterocycles. The molecular formula is C15H9F6N6O2P. The number of benzene rings is 2. The third kappa shape index (κ3) is 3.26. The predicted molar refractivity (Wildman–Crippen MR) is 91.4 cm³/mol. The summed E-state index contributed by atoms with van der Waals surface area (Å²) in [6.45, 7) is 1.10. The Labute approximate surface area is 162 Å². The van der Waals surface area contributed by atoms with Crippen LogP contribution in [0.15, 0.2) is 36.4 Å². The van der Waals surface area contributed by atoms with Crippen LogP contribution in [-0.4, -0.2) is 36.7 Å². The van der Waals surface area contributed by atoms with Crippen molar-refractivity contribution in [2.75, 3.05) is 6.66 Å². The van der Waals surface area contributed by atoms with Crippen molar-refractivity contribution in [2.45, 2.75) is 12.6 Å². The Hall–Kier alpha value is -3.15. The zero-order chi connectivity index (χ0) is 21.9. The fourth-order valence-electron chi connectivity index (χ4n) is 2.86. The Balaban J connectivity index is 1.81. The first-order valence-corrected chi connectivity index (χ1v) is 10.1. The van der Waals surface area contributed by atoms with Gasteiger partial charge in [-0.3, -0.25) is 4.57 Å². The second kappa shape index (κ2) is 6.42. The minimum Gasteiger partial charge on any atom is -0.437 e. The molecule has 0 fully saturated rings. The van der Waals surface area contributed by atoms with Crippen molar-refractivity contribution in [3.8, 4) is 5.75 Å². The maximum Gasteiger partial charge on any atom is 0.506 e. The first-order chi connectivity index (χ1) is 13.9. The zero-order valence-electron chi connectivity index (χ0n) is 14.7. The van der Waals surface area contributed by atoms with Crippen LogP contribution in [0.5, 0.6) is 5.75 Å². The van der Waals surface area contributed by atoms with Gasteiger partial charge < -0.3 is 4.52 Å². The quantitative estimate of drug-likeness (QED) is 0.349. The lowest BCUT2D eigenvalue weighted by Crippen LogP contribution is -2.18. The van der Waals surface area contributed by atoms with Crippen LogP contribution >= 0.6 is 7.37 Å². The molecule has 0 aliphatic carbocycles. The average molecular weight is 450 g/mol. The van der Waals surface area contributed by atoms with Crippen LogP contribution in [0, 0.1) is 0 Å². The van der Waals surface area contributed by atoms with Gasteiger partial charge in [0, 0.05) is 6.66 Å². The fourth-order valence-corrected chi connectivity index (χ4v) is 4.39. The molecule has 0 amide bonds. The van der Waals surface area contributed by atoms with E-state index in [1.54, 1.807) is 0 Å². The summed E-state index contributed by atoms with van der Waals surface area (Å²) in [6, 6.07) is 7.06. The van der Waals surface area contributed by atoms with Crippen LogP contribution < -0.4 is 9.83 Å². The minimum atomic E-state index is -4.85. The van der Waals surface area contributed by atoms with Crippen LogP contribution in [-0.2, 0) is 17.2 Å². The molecule has 1 atom stereocenters. The largest absolute Gasteiger partial charge is 0.506 e. The van der Waals surface area contributed by atoms with E-state index in [9.17, 15) is 30.9 Å². The summed E-state index contributed by atoms with van der Waals surface area (Å²) in [5.41, 5.74) is -1.53. The molecule has 4 rings (SSSR count). The average Bonchev–Trinajstić information content (AvgIpc) is 3.25. The summed E-state index contributed by atoms with van der Waals surface area (Å²) in [4.78, 5) is 0. The van der Waals surface area contributed by atoms with Gasteiger partial charge in [-0.15, -0.1) is 36.5 Å². The van der Waals surface area contributed by atoms with E-state index in [0.717, 1.165) is 18.8 Å². The standard InChI is InChI=1S/C15H9F6N6O2P/c1-30(28,11-7-3-5-9-13(11)23-25-27(9)15(19,20)21)29-10-6-2-4-8-12(10)22-24-26(8)14(16,17)18/h2-7H,1H3. The van der Waals surface area contributed by atoms with Crippen molar-refractivity contribution in [2.24, 2.45) is 0 Å². The highest BCUT2D eigenvalue weighted by atomic mass is 31.2. The van der Waals surface area contributed by atoms with Gasteiger partial charge in [-0.2, -0.15) is 9.36 Å². The molecule has 0 saturated carbocycles. The summed E-state index contributed by atoms with van der Waals surface area (Å²) in [5, 5.41) is 12.8. The molecular weight excluding hydrogens is 441 g/mol. The molecule has 0 N–H and O–H groups in total. The van der Waals surface area contributed by atoms with Crippen molar-refractivity contribution < 1.29 is 35.4 Å². The first-order valence-electron chi connectivity index (χ1n) is 8.00. The second-order valence-electron chi connectivity index (χ2n) is 6.14. The smallest absolute Gasteiger partial charge is 0.437 e. The molecule has 2 aromatic carbocycles. The van der Waals surface area contributed by atoms with Crippen molar-refractivity contribution >= 4 is 34.7 Å². The molecule has 4 aromatic rings. The van der Waals surface area contributed by atoms with E-state index in [1.807, 2.05) is 0 Å². The number of hydrogen-bond acceptors (Lipinski definition) is 6. The van der Waals surface area contributed by atoms with Crippen molar-refractivity contribution in [1.29, 1.82) is 0 Å². The molecule has 1 unspecified atom stereocenters. The third-order valence-corrected chi connectivity index (χ3v) is 5.87. The van der Waals surface area contributed by atoms with E-state index < -0.39 is 31.0 Å². The van der Waals surface area contributed by atoms with Gasteiger partial charge in [-0.1, -0.05) is 22.6 Å². The molecule has 0 bridgehead atoms. The molecule has 8 nitrogen and oxygen atoms in total. The highest BCUT2D eigenvalue weighted by Gasteiger charge is 2.37. The molecule has 2 aromatic heterocycles. The van der Waals surface area contributed by atoms with Gasteiger partial charge in [-0.05, 0) is 24.3 Å². The number of hydrogen-bond donors (Lipinski definition) is 0. The zero-order valence-corrected chi connectivity index (χ0v) is 15.6. The number of nitrogens with zero attached hydrogens (tertiary/aromatic N) is 6. The fraction of sp³-hybridized carbons (Fsp3) is 0.200. The lowest BCUT2D eigenvalue weighted by molar-refractivity contribution is -0.210. The SMILES string of the molecule is CP(=O)(Oc1cccc2c1nnn2C(F)(F)F)c1cccc2c1nnn2C(F)(F)F. The maximum absolute atomic E-state index is 13.2. The third-order valence-electron chi connectivity index (χ3n) is 4.09. The van der Waals surface area contributed by atoms with Crippen LogP contribution in [0.2, 0.25) is 0 Å². The van der Waals surface area contributed by atoms with Crippen LogP contribution in [0.1, 0.15) is 0 Å². The highest BCUT2D eigenvalue weighted by molar-refractivity contribution is 7.67. The Morgan fingerprint density at radius 1 is 0.833 bits per heavy atom. The maximum atomic E-state index is 13.2. The molecule has 0 saturated heterocycles. The van der Waals surface area contributed by atoms with Gasteiger partial charge in [0.25, 0.3) is 7.37 Å². The summed E-state index contributed by atoms with van der Waals surface area (Å²) in [5.74, 6) is -0.283. The Bertz CT molecular complexity index is 1310. The van der Waals surface area contributed by atoms with E-state index in [-0.39, 0.29) is 31.5 Å². The molecule has 0 aliphatic rings. The lowest BCUT2D eigenvalue weighted by Gasteiger charge is -2.16. The first kappa shape index (κ1) is 20.1. The van der Waals surface area contributed by atoms with Crippen molar-refractivity contribution in [1.82, 2.24) is 30.0 Å². The number of fused-ring (bicyclic) bond motifs is 2. The number of aromatic nitrogens is 6. The van der Waals surface area contributed by atoms with Gasteiger partial charge in [-0.25, -0.2) is 0 Å². The van der Waals surface area contributed by atoms with Crippen LogP contribution in [0.4, 0.5) is 26.3 Å².